The predicted molar refractivity (Wildman–Crippen MR) is 69.3 cm³/mol. The van der Waals surface area contributed by atoms with Gasteiger partial charge in [0, 0.05) is 5.02 Å². The molecule has 1 saturated heterocycles. The van der Waals surface area contributed by atoms with Gasteiger partial charge in [0.1, 0.15) is 0 Å². The van der Waals surface area contributed by atoms with Crippen molar-refractivity contribution in [1.82, 2.24) is 5.32 Å². The van der Waals surface area contributed by atoms with Gasteiger partial charge in [-0.1, -0.05) is 29.8 Å². The molecule has 0 amide bonds. The number of aliphatic hydroxyl groups excluding tert-OH is 1. The van der Waals surface area contributed by atoms with E-state index < -0.39 is 5.54 Å². The van der Waals surface area contributed by atoms with Gasteiger partial charge in [-0.05, 0) is 37.9 Å². The van der Waals surface area contributed by atoms with Crippen LogP contribution in [0.4, 0.5) is 0 Å². The highest BCUT2D eigenvalue weighted by atomic mass is 35.5. The number of benzene rings is 1. The van der Waals surface area contributed by atoms with Gasteiger partial charge in [0.15, 0.2) is 0 Å². The number of piperidine rings is 1. The molecule has 0 saturated carbocycles. The van der Waals surface area contributed by atoms with E-state index in [0.717, 1.165) is 24.9 Å². The highest BCUT2D eigenvalue weighted by Gasteiger charge is 2.37. The van der Waals surface area contributed by atoms with Crippen molar-refractivity contribution in [3.05, 3.63) is 34.9 Å². The molecule has 1 aliphatic heterocycles. The van der Waals surface area contributed by atoms with Gasteiger partial charge in [0.2, 0.25) is 0 Å². The van der Waals surface area contributed by atoms with Gasteiger partial charge in [-0.3, -0.25) is 0 Å². The van der Waals surface area contributed by atoms with Crippen molar-refractivity contribution >= 4 is 24.0 Å². The number of aliphatic hydroxyl groups is 1. The Balaban J connectivity index is 0.00000128. The molecule has 16 heavy (non-hydrogen) atoms. The van der Waals surface area contributed by atoms with Crippen LogP contribution in [0, 0.1) is 0 Å². The molecule has 2 unspecified atom stereocenters. The molecule has 0 aromatic heterocycles. The normalized spacial score (nSPS) is 29.6. The maximum atomic E-state index is 10.1. The minimum absolute atomic E-state index is 0. The fraction of sp³-hybridized carbons (Fsp3) is 0.500. The topological polar surface area (TPSA) is 32.3 Å². The van der Waals surface area contributed by atoms with Crippen LogP contribution in [0.5, 0.6) is 0 Å². The standard InChI is InChI=1S/C12H16ClNO.ClH/c1-12(11(15)7-4-8-14-12)9-5-2-3-6-10(9)13;/h2-3,5-6,11,14-15H,4,7-8H2,1H3;1H. The van der Waals surface area contributed by atoms with E-state index in [9.17, 15) is 5.11 Å². The maximum absolute atomic E-state index is 10.1. The highest BCUT2D eigenvalue weighted by Crippen LogP contribution is 2.34. The van der Waals surface area contributed by atoms with E-state index in [1.54, 1.807) is 0 Å². The van der Waals surface area contributed by atoms with Gasteiger partial charge in [0.25, 0.3) is 0 Å². The number of hydrogen-bond acceptors (Lipinski definition) is 2. The fourth-order valence-corrected chi connectivity index (χ4v) is 2.54. The molecule has 2 N–H and O–H groups in total. The average molecular weight is 262 g/mol. The summed E-state index contributed by atoms with van der Waals surface area (Å²) in [7, 11) is 0. The van der Waals surface area contributed by atoms with Crippen LogP contribution >= 0.6 is 24.0 Å². The van der Waals surface area contributed by atoms with Crippen LogP contribution in [0.25, 0.3) is 0 Å². The number of halogens is 2. The molecule has 2 atom stereocenters. The Morgan fingerprint density at radius 3 is 2.75 bits per heavy atom. The molecule has 4 heteroatoms. The largest absolute Gasteiger partial charge is 0.391 e. The van der Waals surface area contributed by atoms with E-state index in [2.05, 4.69) is 5.32 Å². The first-order valence-corrected chi connectivity index (χ1v) is 5.70. The second-order valence-corrected chi connectivity index (χ2v) is 4.67. The molecular weight excluding hydrogens is 245 g/mol. The number of nitrogens with one attached hydrogen (secondary N) is 1. The minimum Gasteiger partial charge on any atom is -0.391 e. The van der Waals surface area contributed by atoms with Crippen molar-refractivity contribution in [3.63, 3.8) is 0 Å². The van der Waals surface area contributed by atoms with Crippen LogP contribution in [0.2, 0.25) is 5.02 Å². The molecule has 1 aromatic rings. The number of rotatable bonds is 1. The Labute approximate surface area is 107 Å². The summed E-state index contributed by atoms with van der Waals surface area (Å²) in [6.45, 7) is 2.94. The molecule has 2 rings (SSSR count). The summed E-state index contributed by atoms with van der Waals surface area (Å²) in [5.41, 5.74) is 0.579. The van der Waals surface area contributed by atoms with Crippen LogP contribution in [0.15, 0.2) is 24.3 Å². The van der Waals surface area contributed by atoms with E-state index >= 15 is 0 Å². The Hall–Kier alpha value is -0.280. The van der Waals surface area contributed by atoms with Gasteiger partial charge in [0.05, 0.1) is 11.6 Å². The molecule has 1 heterocycles. The summed E-state index contributed by atoms with van der Waals surface area (Å²) in [6, 6.07) is 7.70. The average Bonchev–Trinajstić information content (AvgIpc) is 2.23. The zero-order valence-electron chi connectivity index (χ0n) is 9.24. The molecule has 1 aromatic carbocycles. The van der Waals surface area contributed by atoms with Crippen molar-refractivity contribution in [2.75, 3.05) is 6.54 Å². The SMILES string of the molecule is CC1(c2ccccc2Cl)NCCCC1O.Cl. The predicted octanol–water partition coefficient (Wildman–Crippen LogP) is 2.72. The summed E-state index contributed by atoms with van der Waals surface area (Å²) in [5, 5.41) is 14.2. The highest BCUT2D eigenvalue weighted by molar-refractivity contribution is 6.31. The lowest BCUT2D eigenvalue weighted by molar-refractivity contribution is 0.0385. The summed E-state index contributed by atoms with van der Waals surface area (Å²) in [6.07, 6.45) is 1.47. The number of hydrogen-bond donors (Lipinski definition) is 2. The van der Waals surface area contributed by atoms with Crippen molar-refractivity contribution < 1.29 is 5.11 Å². The quantitative estimate of drug-likeness (QED) is 0.815. The van der Waals surface area contributed by atoms with E-state index in [4.69, 9.17) is 11.6 Å². The molecule has 0 bridgehead atoms. The van der Waals surface area contributed by atoms with Gasteiger partial charge in [-0.2, -0.15) is 0 Å². The van der Waals surface area contributed by atoms with Gasteiger partial charge in [-0.15, -0.1) is 12.4 Å². The summed E-state index contributed by atoms with van der Waals surface area (Å²) < 4.78 is 0. The molecule has 0 radical (unpaired) electrons. The Morgan fingerprint density at radius 1 is 1.44 bits per heavy atom. The second kappa shape index (κ2) is 5.37. The van der Waals surface area contributed by atoms with Crippen molar-refractivity contribution in [1.29, 1.82) is 0 Å². The third kappa shape index (κ3) is 2.35. The Morgan fingerprint density at radius 2 is 2.12 bits per heavy atom. The van der Waals surface area contributed by atoms with Crippen molar-refractivity contribution in [2.45, 2.75) is 31.4 Å². The van der Waals surface area contributed by atoms with E-state index in [1.807, 2.05) is 31.2 Å². The van der Waals surface area contributed by atoms with Crippen LogP contribution in [-0.2, 0) is 5.54 Å². The second-order valence-electron chi connectivity index (χ2n) is 4.27. The smallest absolute Gasteiger partial charge is 0.0761 e. The first kappa shape index (κ1) is 13.8. The molecule has 2 nitrogen and oxygen atoms in total. The maximum Gasteiger partial charge on any atom is 0.0761 e. The van der Waals surface area contributed by atoms with Crippen LogP contribution in [-0.4, -0.2) is 17.8 Å². The summed E-state index contributed by atoms with van der Waals surface area (Å²) in [4.78, 5) is 0. The third-order valence-electron chi connectivity index (χ3n) is 3.25. The van der Waals surface area contributed by atoms with Crippen molar-refractivity contribution in [3.8, 4) is 0 Å². The zero-order chi connectivity index (χ0) is 10.9. The van der Waals surface area contributed by atoms with Gasteiger partial charge in [-0.25, -0.2) is 0 Å². The molecule has 0 aliphatic carbocycles. The minimum atomic E-state index is -0.406. The van der Waals surface area contributed by atoms with Gasteiger partial charge < -0.3 is 10.4 Å². The molecule has 90 valence electrons. The van der Waals surface area contributed by atoms with E-state index in [0.29, 0.717) is 5.02 Å². The lowest BCUT2D eigenvalue weighted by Crippen LogP contribution is -2.53. The first-order valence-electron chi connectivity index (χ1n) is 5.33. The lowest BCUT2D eigenvalue weighted by atomic mass is 9.81. The van der Waals surface area contributed by atoms with Crippen LogP contribution in [0.3, 0.4) is 0 Å². The zero-order valence-corrected chi connectivity index (χ0v) is 10.8. The molecule has 1 aliphatic rings. The Kier molecular flexibility index (Phi) is 4.62. The van der Waals surface area contributed by atoms with E-state index in [1.165, 1.54) is 0 Å². The molecule has 1 fully saturated rings. The monoisotopic (exact) mass is 261 g/mol. The van der Waals surface area contributed by atoms with Gasteiger partial charge >= 0.3 is 0 Å². The Bertz CT molecular complexity index is 359. The molecule has 0 spiro atoms. The summed E-state index contributed by atoms with van der Waals surface area (Å²) >= 11 is 6.16. The third-order valence-corrected chi connectivity index (χ3v) is 3.58. The van der Waals surface area contributed by atoms with Crippen LogP contribution < -0.4 is 5.32 Å². The van der Waals surface area contributed by atoms with E-state index in [-0.39, 0.29) is 18.5 Å². The summed E-state index contributed by atoms with van der Waals surface area (Å²) in [5.74, 6) is 0. The first-order chi connectivity index (χ1) is 7.14. The van der Waals surface area contributed by atoms with Crippen molar-refractivity contribution in [2.24, 2.45) is 0 Å². The van der Waals surface area contributed by atoms with Crippen LogP contribution in [0.1, 0.15) is 25.3 Å². The fourth-order valence-electron chi connectivity index (χ4n) is 2.21. The lowest BCUT2D eigenvalue weighted by Gasteiger charge is -2.40. The molecular formula is C12H17Cl2NO.